The maximum atomic E-state index is 11.9. The zero-order chi connectivity index (χ0) is 16.2. The molecule has 0 spiro atoms. The Hall–Kier alpha value is -3.02. The summed E-state index contributed by atoms with van der Waals surface area (Å²) in [6.07, 6.45) is 2.27. The molecular weight excluding hydrogens is 288 g/mol. The van der Waals surface area contributed by atoms with Crippen molar-refractivity contribution in [1.82, 2.24) is 14.9 Å². The molecule has 0 radical (unpaired) electrons. The van der Waals surface area contributed by atoms with Crippen LogP contribution in [0.15, 0.2) is 35.3 Å². The Morgan fingerprint density at radius 2 is 2.13 bits per heavy atom. The van der Waals surface area contributed by atoms with Gasteiger partial charge in [-0.1, -0.05) is 11.8 Å². The molecule has 0 aliphatic carbocycles. The monoisotopic (exact) mass is 304 g/mol. The summed E-state index contributed by atoms with van der Waals surface area (Å²) in [6.45, 7) is 1.33. The molecule has 0 aliphatic heterocycles. The topological polar surface area (TPSA) is 75.7 Å². The second kappa shape index (κ2) is 6.39. The number of H-pyrrole nitrogens is 2. The van der Waals surface area contributed by atoms with E-state index in [0.717, 1.165) is 21.9 Å². The van der Waals surface area contributed by atoms with Crippen molar-refractivity contribution in [3.05, 3.63) is 46.4 Å². The SMILES string of the molecule is CN(CC#Cc1ccc2[nH]c(=O)c3[nH]ccc3c2c1)CCC#N. The number of nitrogens with one attached hydrogen (secondary N) is 2. The van der Waals surface area contributed by atoms with E-state index in [4.69, 9.17) is 5.26 Å². The number of hydrogen-bond acceptors (Lipinski definition) is 3. The van der Waals surface area contributed by atoms with Crippen molar-refractivity contribution in [3.8, 4) is 17.9 Å². The fraction of sp³-hybridized carbons (Fsp3) is 0.222. The standard InChI is InChI=1S/C18H16N4O/c1-22(11-3-8-19)10-2-4-13-5-6-16-15(12-13)14-7-9-20-17(14)18(23)21-16/h5-7,9,12,20H,3,10-11H2,1H3,(H,21,23). The molecule has 0 fully saturated rings. The van der Waals surface area contributed by atoms with E-state index < -0.39 is 0 Å². The quantitative estimate of drug-likeness (QED) is 0.728. The van der Waals surface area contributed by atoms with E-state index in [0.29, 0.717) is 25.0 Å². The normalized spacial score (nSPS) is 10.7. The van der Waals surface area contributed by atoms with E-state index in [9.17, 15) is 4.79 Å². The molecule has 114 valence electrons. The fourth-order valence-electron chi connectivity index (χ4n) is 2.52. The van der Waals surface area contributed by atoms with Crippen LogP contribution in [-0.2, 0) is 0 Å². The van der Waals surface area contributed by atoms with E-state index in [1.807, 2.05) is 36.2 Å². The van der Waals surface area contributed by atoms with E-state index in [1.54, 1.807) is 6.20 Å². The number of rotatable bonds is 3. The summed E-state index contributed by atoms with van der Waals surface area (Å²) in [5.41, 5.74) is 2.17. The Morgan fingerprint density at radius 3 is 2.96 bits per heavy atom. The highest BCUT2D eigenvalue weighted by Crippen LogP contribution is 2.21. The highest BCUT2D eigenvalue weighted by Gasteiger charge is 2.06. The lowest BCUT2D eigenvalue weighted by atomic mass is 10.1. The number of nitriles is 1. The summed E-state index contributed by atoms with van der Waals surface area (Å²) in [7, 11) is 1.94. The van der Waals surface area contributed by atoms with Gasteiger partial charge in [-0.3, -0.25) is 9.69 Å². The summed E-state index contributed by atoms with van der Waals surface area (Å²) >= 11 is 0. The molecule has 23 heavy (non-hydrogen) atoms. The Labute approximate surface area is 133 Å². The largest absolute Gasteiger partial charge is 0.357 e. The fourth-order valence-corrected chi connectivity index (χ4v) is 2.52. The first-order valence-corrected chi connectivity index (χ1v) is 7.36. The molecule has 1 aromatic carbocycles. The van der Waals surface area contributed by atoms with Crippen molar-refractivity contribution in [2.75, 3.05) is 20.1 Å². The van der Waals surface area contributed by atoms with Crippen molar-refractivity contribution >= 4 is 21.8 Å². The molecule has 0 aliphatic rings. The molecule has 0 atom stereocenters. The van der Waals surface area contributed by atoms with E-state index in [1.165, 1.54) is 0 Å². The van der Waals surface area contributed by atoms with Gasteiger partial charge in [0.25, 0.3) is 5.56 Å². The van der Waals surface area contributed by atoms with Gasteiger partial charge in [-0.25, -0.2) is 0 Å². The maximum Gasteiger partial charge on any atom is 0.272 e. The Balaban J connectivity index is 1.91. The van der Waals surface area contributed by atoms with Gasteiger partial charge in [0, 0.05) is 41.0 Å². The van der Waals surface area contributed by atoms with Gasteiger partial charge < -0.3 is 9.97 Å². The Morgan fingerprint density at radius 1 is 1.26 bits per heavy atom. The first-order valence-electron chi connectivity index (χ1n) is 7.36. The molecule has 0 saturated carbocycles. The van der Waals surface area contributed by atoms with Crippen molar-refractivity contribution < 1.29 is 0 Å². The molecule has 2 heterocycles. The van der Waals surface area contributed by atoms with Crippen molar-refractivity contribution in [2.45, 2.75) is 6.42 Å². The van der Waals surface area contributed by atoms with Crippen LogP contribution < -0.4 is 5.56 Å². The van der Waals surface area contributed by atoms with Crippen molar-refractivity contribution in [1.29, 1.82) is 5.26 Å². The summed E-state index contributed by atoms with van der Waals surface area (Å²) in [5, 5.41) is 10.4. The number of hydrogen-bond donors (Lipinski definition) is 2. The minimum absolute atomic E-state index is 0.115. The van der Waals surface area contributed by atoms with E-state index >= 15 is 0 Å². The molecule has 0 bridgehead atoms. The molecule has 0 unspecified atom stereocenters. The molecule has 0 saturated heterocycles. The third kappa shape index (κ3) is 3.11. The van der Waals surface area contributed by atoms with Gasteiger partial charge in [-0.2, -0.15) is 5.26 Å². The highest BCUT2D eigenvalue weighted by atomic mass is 16.1. The first-order chi connectivity index (χ1) is 11.2. The van der Waals surface area contributed by atoms with Gasteiger partial charge in [0.15, 0.2) is 0 Å². The van der Waals surface area contributed by atoms with E-state index in [-0.39, 0.29) is 5.56 Å². The molecule has 5 nitrogen and oxygen atoms in total. The van der Waals surface area contributed by atoms with Crippen LogP contribution >= 0.6 is 0 Å². The second-order valence-electron chi connectivity index (χ2n) is 5.43. The molecule has 5 heteroatoms. The number of aromatic amines is 2. The highest BCUT2D eigenvalue weighted by molar-refractivity contribution is 6.04. The van der Waals surface area contributed by atoms with Crippen LogP contribution in [0.2, 0.25) is 0 Å². The number of pyridine rings is 1. The smallest absolute Gasteiger partial charge is 0.272 e. The lowest BCUT2D eigenvalue weighted by Crippen LogP contribution is -2.19. The molecule has 2 aromatic heterocycles. The lowest BCUT2D eigenvalue weighted by Gasteiger charge is -2.09. The van der Waals surface area contributed by atoms with Gasteiger partial charge in [0.2, 0.25) is 0 Å². The van der Waals surface area contributed by atoms with Gasteiger partial charge in [-0.05, 0) is 31.3 Å². The summed E-state index contributed by atoms with van der Waals surface area (Å²) < 4.78 is 0. The van der Waals surface area contributed by atoms with Gasteiger partial charge in [0.05, 0.1) is 12.6 Å². The second-order valence-corrected chi connectivity index (χ2v) is 5.43. The average Bonchev–Trinajstić information content (AvgIpc) is 3.04. The zero-order valence-electron chi connectivity index (χ0n) is 12.8. The number of nitrogens with zero attached hydrogens (tertiary/aromatic N) is 2. The number of aromatic nitrogens is 2. The van der Waals surface area contributed by atoms with Crippen LogP contribution in [0, 0.1) is 23.2 Å². The third-order valence-corrected chi connectivity index (χ3v) is 3.72. The van der Waals surface area contributed by atoms with Crippen LogP contribution in [0.25, 0.3) is 21.8 Å². The third-order valence-electron chi connectivity index (χ3n) is 3.72. The molecule has 3 rings (SSSR count). The molecule has 3 aromatic rings. The van der Waals surface area contributed by atoms with Crippen LogP contribution in [0.5, 0.6) is 0 Å². The molecular formula is C18H16N4O. The minimum atomic E-state index is -0.115. The minimum Gasteiger partial charge on any atom is -0.357 e. The number of benzene rings is 1. The molecule has 2 N–H and O–H groups in total. The predicted octanol–water partition coefficient (Wildman–Crippen LogP) is 2.21. The van der Waals surface area contributed by atoms with Crippen LogP contribution in [0.4, 0.5) is 0 Å². The van der Waals surface area contributed by atoms with Gasteiger partial charge >= 0.3 is 0 Å². The summed E-state index contributed by atoms with van der Waals surface area (Å²) in [6, 6.07) is 9.80. The number of fused-ring (bicyclic) bond motifs is 3. The summed E-state index contributed by atoms with van der Waals surface area (Å²) in [4.78, 5) is 19.8. The average molecular weight is 304 g/mol. The van der Waals surface area contributed by atoms with Crippen LogP contribution in [-0.4, -0.2) is 35.0 Å². The van der Waals surface area contributed by atoms with Crippen LogP contribution in [0.3, 0.4) is 0 Å². The van der Waals surface area contributed by atoms with E-state index in [2.05, 4.69) is 27.9 Å². The predicted molar refractivity (Wildman–Crippen MR) is 91.0 cm³/mol. The van der Waals surface area contributed by atoms with Gasteiger partial charge in [0.1, 0.15) is 5.52 Å². The Bertz CT molecular complexity index is 1010. The summed E-state index contributed by atoms with van der Waals surface area (Å²) in [5.74, 6) is 6.25. The molecule has 0 amide bonds. The zero-order valence-corrected chi connectivity index (χ0v) is 12.8. The first kappa shape index (κ1) is 14.9. The van der Waals surface area contributed by atoms with Crippen molar-refractivity contribution in [3.63, 3.8) is 0 Å². The van der Waals surface area contributed by atoms with Crippen LogP contribution in [0.1, 0.15) is 12.0 Å². The lowest BCUT2D eigenvalue weighted by molar-refractivity contribution is 0.385. The van der Waals surface area contributed by atoms with Gasteiger partial charge in [-0.15, -0.1) is 0 Å². The Kier molecular flexibility index (Phi) is 4.14. The van der Waals surface area contributed by atoms with Crippen molar-refractivity contribution in [2.24, 2.45) is 0 Å². The maximum absolute atomic E-state index is 11.9.